The van der Waals surface area contributed by atoms with Crippen LogP contribution in [0.15, 0.2) is 59.0 Å². The molecule has 1 atom stereocenters. The first-order chi connectivity index (χ1) is 11.6. The summed E-state index contributed by atoms with van der Waals surface area (Å²) in [5.74, 6) is 0.0422. The van der Waals surface area contributed by atoms with Crippen LogP contribution in [0.25, 0.3) is 11.5 Å². The molecule has 3 aromatic rings. The Balaban J connectivity index is 1.61. The fraction of sp³-hybridized carbons (Fsp3) is 0.118. The average molecular weight is 344 g/mol. The first-order valence-electron chi connectivity index (χ1n) is 7.22. The second kappa shape index (κ2) is 7.25. The monoisotopic (exact) mass is 343 g/mol. The van der Waals surface area contributed by atoms with Gasteiger partial charge >= 0.3 is 0 Å². The van der Waals surface area contributed by atoms with Gasteiger partial charge in [-0.05, 0) is 29.8 Å². The molecule has 0 spiro atoms. The van der Waals surface area contributed by atoms with E-state index in [1.165, 1.54) is 0 Å². The fourth-order valence-corrected chi connectivity index (χ4v) is 2.21. The second-order valence-electron chi connectivity index (χ2n) is 5.04. The number of carbonyl (C=O) groups excluding carboxylic acids is 1. The molecule has 6 nitrogen and oxygen atoms in total. The van der Waals surface area contributed by atoms with Crippen LogP contribution in [0.2, 0.25) is 5.02 Å². The highest BCUT2D eigenvalue weighted by Crippen LogP contribution is 2.20. The quantitative estimate of drug-likeness (QED) is 0.743. The minimum absolute atomic E-state index is 0.0311. The number of hydrogen-bond acceptors (Lipinski definition) is 5. The van der Waals surface area contributed by atoms with Gasteiger partial charge in [0.2, 0.25) is 11.8 Å². The Labute approximate surface area is 143 Å². The number of carbonyl (C=O) groups is 1. The summed E-state index contributed by atoms with van der Waals surface area (Å²) < 4.78 is 5.48. The van der Waals surface area contributed by atoms with Crippen LogP contribution in [0.3, 0.4) is 0 Å². The molecule has 2 aromatic carbocycles. The molecular formula is C17H14ClN3O3. The minimum atomic E-state index is -1.25. The Hall–Kier alpha value is -2.70. The van der Waals surface area contributed by atoms with Crippen molar-refractivity contribution in [1.82, 2.24) is 15.5 Å². The Kier molecular flexibility index (Phi) is 4.88. The maximum Gasteiger partial charge on any atom is 0.253 e. The molecule has 24 heavy (non-hydrogen) atoms. The van der Waals surface area contributed by atoms with E-state index in [-0.39, 0.29) is 12.4 Å². The summed E-state index contributed by atoms with van der Waals surface area (Å²) in [5, 5.41) is 21.0. The van der Waals surface area contributed by atoms with Gasteiger partial charge in [-0.25, -0.2) is 0 Å². The van der Waals surface area contributed by atoms with Crippen LogP contribution < -0.4 is 5.32 Å². The van der Waals surface area contributed by atoms with Crippen molar-refractivity contribution in [2.45, 2.75) is 12.6 Å². The molecule has 0 aliphatic carbocycles. The molecule has 1 amide bonds. The average Bonchev–Trinajstić information content (AvgIpc) is 3.09. The third-order valence-electron chi connectivity index (χ3n) is 3.34. The van der Waals surface area contributed by atoms with Crippen LogP contribution in [0.4, 0.5) is 0 Å². The number of halogens is 1. The normalized spacial score (nSPS) is 11.9. The van der Waals surface area contributed by atoms with Gasteiger partial charge in [-0.3, -0.25) is 4.79 Å². The smallest absolute Gasteiger partial charge is 0.253 e. The Bertz CT molecular complexity index is 819. The maximum absolute atomic E-state index is 12.0. The van der Waals surface area contributed by atoms with Crippen molar-refractivity contribution in [3.8, 4) is 11.5 Å². The van der Waals surface area contributed by atoms with E-state index in [9.17, 15) is 9.90 Å². The van der Waals surface area contributed by atoms with Crippen LogP contribution in [-0.2, 0) is 11.3 Å². The van der Waals surface area contributed by atoms with Gasteiger partial charge in [0, 0.05) is 10.6 Å². The summed E-state index contributed by atoms with van der Waals surface area (Å²) >= 11 is 5.83. The summed E-state index contributed by atoms with van der Waals surface area (Å²) in [6.45, 7) is 0.0311. The fourth-order valence-electron chi connectivity index (χ4n) is 2.08. The molecular weight excluding hydrogens is 330 g/mol. The molecule has 122 valence electrons. The van der Waals surface area contributed by atoms with E-state index in [2.05, 4.69) is 15.5 Å². The van der Waals surface area contributed by atoms with E-state index in [4.69, 9.17) is 16.0 Å². The molecule has 2 N–H and O–H groups in total. The van der Waals surface area contributed by atoms with Crippen molar-refractivity contribution in [1.29, 1.82) is 0 Å². The van der Waals surface area contributed by atoms with Crippen molar-refractivity contribution in [3.63, 3.8) is 0 Å². The van der Waals surface area contributed by atoms with Gasteiger partial charge in [0.25, 0.3) is 5.91 Å². The van der Waals surface area contributed by atoms with E-state index < -0.39 is 12.0 Å². The highest BCUT2D eigenvalue weighted by molar-refractivity contribution is 6.30. The minimum Gasteiger partial charge on any atom is -0.419 e. The number of aliphatic hydroxyl groups is 1. The van der Waals surface area contributed by atoms with Crippen LogP contribution in [-0.4, -0.2) is 21.2 Å². The van der Waals surface area contributed by atoms with Gasteiger partial charge in [-0.2, -0.15) is 0 Å². The summed E-state index contributed by atoms with van der Waals surface area (Å²) in [6.07, 6.45) is -1.25. The van der Waals surface area contributed by atoms with Crippen LogP contribution in [0.5, 0.6) is 0 Å². The van der Waals surface area contributed by atoms with E-state index in [0.717, 1.165) is 5.56 Å². The van der Waals surface area contributed by atoms with Gasteiger partial charge in [0.05, 0.1) is 6.54 Å². The topological polar surface area (TPSA) is 88.3 Å². The third-order valence-corrected chi connectivity index (χ3v) is 3.59. The Morgan fingerprint density at radius 3 is 2.54 bits per heavy atom. The maximum atomic E-state index is 12.0. The number of hydrogen-bond donors (Lipinski definition) is 2. The van der Waals surface area contributed by atoms with E-state index >= 15 is 0 Å². The lowest BCUT2D eigenvalue weighted by atomic mass is 10.1. The molecule has 1 aromatic heterocycles. The number of rotatable bonds is 5. The SMILES string of the molecule is O=C(NCc1nnc(-c2ccc(Cl)cc2)o1)[C@H](O)c1ccccc1. The lowest BCUT2D eigenvalue weighted by Crippen LogP contribution is -2.28. The van der Waals surface area contributed by atoms with E-state index in [1.807, 2.05) is 6.07 Å². The van der Waals surface area contributed by atoms with Crippen LogP contribution >= 0.6 is 11.6 Å². The van der Waals surface area contributed by atoms with Crippen molar-refractivity contribution < 1.29 is 14.3 Å². The predicted octanol–water partition coefficient (Wildman–Crippen LogP) is 2.74. The largest absolute Gasteiger partial charge is 0.419 e. The van der Waals surface area contributed by atoms with E-state index in [0.29, 0.717) is 16.5 Å². The lowest BCUT2D eigenvalue weighted by molar-refractivity contribution is -0.129. The van der Waals surface area contributed by atoms with Crippen molar-refractivity contribution >= 4 is 17.5 Å². The summed E-state index contributed by atoms with van der Waals surface area (Å²) in [7, 11) is 0. The number of benzene rings is 2. The molecule has 0 bridgehead atoms. The molecule has 0 saturated carbocycles. The molecule has 0 radical (unpaired) electrons. The van der Waals surface area contributed by atoms with Gasteiger partial charge in [0.1, 0.15) is 0 Å². The first-order valence-corrected chi connectivity index (χ1v) is 7.60. The number of amides is 1. The molecule has 1 heterocycles. The number of nitrogens with zero attached hydrogens (tertiary/aromatic N) is 2. The Morgan fingerprint density at radius 1 is 1.12 bits per heavy atom. The third kappa shape index (κ3) is 3.79. The molecule has 0 saturated heterocycles. The zero-order valence-electron chi connectivity index (χ0n) is 12.5. The van der Waals surface area contributed by atoms with Crippen molar-refractivity contribution in [3.05, 3.63) is 71.1 Å². The zero-order valence-corrected chi connectivity index (χ0v) is 13.3. The highest BCUT2D eigenvalue weighted by atomic mass is 35.5. The molecule has 0 aliphatic rings. The number of aliphatic hydroxyl groups excluding tert-OH is 1. The molecule has 0 fully saturated rings. The van der Waals surface area contributed by atoms with E-state index in [1.54, 1.807) is 48.5 Å². The summed E-state index contributed by atoms with van der Waals surface area (Å²) in [6, 6.07) is 15.6. The van der Waals surface area contributed by atoms with Gasteiger partial charge in [-0.15, -0.1) is 10.2 Å². The van der Waals surface area contributed by atoms with Crippen molar-refractivity contribution in [2.75, 3.05) is 0 Å². The second-order valence-corrected chi connectivity index (χ2v) is 5.48. The number of aromatic nitrogens is 2. The van der Waals surface area contributed by atoms with Crippen LogP contribution in [0, 0.1) is 0 Å². The van der Waals surface area contributed by atoms with Gasteiger partial charge in [0.15, 0.2) is 6.10 Å². The summed E-state index contributed by atoms with van der Waals surface area (Å²) in [4.78, 5) is 12.0. The molecule has 0 unspecified atom stereocenters. The molecule has 7 heteroatoms. The zero-order chi connectivity index (χ0) is 16.9. The molecule has 3 rings (SSSR count). The lowest BCUT2D eigenvalue weighted by Gasteiger charge is -2.10. The predicted molar refractivity (Wildman–Crippen MR) is 88.0 cm³/mol. The summed E-state index contributed by atoms with van der Waals surface area (Å²) in [5.41, 5.74) is 1.25. The Morgan fingerprint density at radius 2 is 1.83 bits per heavy atom. The highest BCUT2D eigenvalue weighted by Gasteiger charge is 2.17. The van der Waals surface area contributed by atoms with Crippen molar-refractivity contribution in [2.24, 2.45) is 0 Å². The van der Waals surface area contributed by atoms with Gasteiger partial charge in [-0.1, -0.05) is 41.9 Å². The van der Waals surface area contributed by atoms with Crippen LogP contribution in [0.1, 0.15) is 17.6 Å². The first kappa shape index (κ1) is 16.2. The van der Waals surface area contributed by atoms with Gasteiger partial charge < -0.3 is 14.8 Å². The number of nitrogens with one attached hydrogen (secondary N) is 1. The molecule has 0 aliphatic heterocycles. The standard InChI is InChI=1S/C17H14ClN3O3/c18-13-8-6-12(7-9-13)17-21-20-14(24-17)10-19-16(23)15(22)11-4-2-1-3-5-11/h1-9,15,22H,10H2,(H,19,23)/t15-/m1/s1.